The number of halogens is 4. The van der Waals surface area contributed by atoms with Crippen LogP contribution >= 0.6 is 0 Å². The predicted octanol–water partition coefficient (Wildman–Crippen LogP) is 6.93. The van der Waals surface area contributed by atoms with Gasteiger partial charge in [-0.15, -0.1) is 0 Å². The summed E-state index contributed by atoms with van der Waals surface area (Å²) in [6.45, 7) is 7.04. The predicted molar refractivity (Wildman–Crippen MR) is 186 cm³/mol. The number of benzene rings is 3. The molecule has 1 aromatic heterocycles. The summed E-state index contributed by atoms with van der Waals surface area (Å²) in [6.07, 6.45) is -0.801. The van der Waals surface area contributed by atoms with Crippen LogP contribution in [0, 0.1) is 5.82 Å². The molecule has 0 aliphatic carbocycles. The molecule has 0 spiro atoms. The first-order valence-electron chi connectivity index (χ1n) is 17.3. The first kappa shape index (κ1) is 37.0. The Labute approximate surface area is 290 Å². The number of carbonyl (C=O) groups is 1. The van der Waals surface area contributed by atoms with Gasteiger partial charge >= 0.3 is 6.18 Å². The van der Waals surface area contributed by atoms with E-state index in [9.17, 15) is 27.2 Å². The number of likely N-dealkylation sites (tertiary alicyclic amines) is 1. The maximum atomic E-state index is 14.6. The van der Waals surface area contributed by atoms with Crippen molar-refractivity contribution in [2.45, 2.75) is 70.6 Å². The topological polar surface area (TPSA) is 79.7 Å². The molecule has 3 aromatic carbocycles. The van der Waals surface area contributed by atoms with Crippen LogP contribution in [0.3, 0.4) is 0 Å². The van der Waals surface area contributed by atoms with Crippen molar-refractivity contribution in [1.82, 2.24) is 24.7 Å². The second kappa shape index (κ2) is 16.6. The summed E-state index contributed by atoms with van der Waals surface area (Å²) < 4.78 is 61.7. The Bertz CT molecular complexity index is 1810. The van der Waals surface area contributed by atoms with Gasteiger partial charge in [-0.25, -0.2) is 9.37 Å². The number of para-hydroxylation sites is 1. The second-order valence-electron chi connectivity index (χ2n) is 12.8. The third kappa shape index (κ3) is 8.70. The van der Waals surface area contributed by atoms with Gasteiger partial charge in [0.15, 0.2) is 0 Å². The summed E-state index contributed by atoms with van der Waals surface area (Å²) in [6, 6.07) is 16.4. The summed E-state index contributed by atoms with van der Waals surface area (Å²) in [5.41, 5.74) is -0.543. The normalized spacial score (nSPS) is 16.0. The fourth-order valence-electron chi connectivity index (χ4n) is 6.75. The number of ether oxygens (including phenoxy) is 1. The monoisotopic (exact) mass is 695 g/mol. The van der Waals surface area contributed by atoms with Gasteiger partial charge in [0.1, 0.15) is 17.4 Å². The zero-order chi connectivity index (χ0) is 35.8. The molecule has 8 nitrogen and oxygen atoms in total. The molecule has 50 heavy (non-hydrogen) atoms. The highest BCUT2D eigenvalue weighted by Crippen LogP contribution is 2.33. The van der Waals surface area contributed by atoms with E-state index in [-0.39, 0.29) is 17.5 Å². The highest BCUT2D eigenvalue weighted by Gasteiger charge is 2.35. The molecule has 1 N–H and O–H groups in total. The van der Waals surface area contributed by atoms with Gasteiger partial charge < -0.3 is 19.9 Å². The van der Waals surface area contributed by atoms with Gasteiger partial charge in [-0.2, -0.15) is 13.2 Å². The summed E-state index contributed by atoms with van der Waals surface area (Å²) in [7, 11) is 1.79. The molecule has 12 heteroatoms. The van der Waals surface area contributed by atoms with Gasteiger partial charge in [-0.05, 0) is 114 Å². The highest BCUT2D eigenvalue weighted by atomic mass is 19.4. The molecule has 2 unspecified atom stereocenters. The molecule has 1 saturated heterocycles. The minimum absolute atomic E-state index is 0.123. The van der Waals surface area contributed by atoms with Crippen molar-refractivity contribution < 1.29 is 27.1 Å². The number of alkyl halides is 3. The molecule has 1 amide bonds. The molecule has 0 saturated carbocycles. The standard InChI is InChI=1S/C38H45F4N5O3/c1-4-50-29-16-14-28(15-17-29)47-36(44-33-12-6-5-11-30(33)37(47)49)34(19-20-43-3)46(23-9-22-45-21-8-7-10-26(45)2)35(48)25-27-13-18-31(32(39)24-27)38(40,41)42/h5-6,11-18,24,26,34,43H,4,7-10,19-23,25H2,1-3H3. The van der Waals surface area contributed by atoms with Crippen LogP contribution in [-0.4, -0.2) is 71.1 Å². The smallest absolute Gasteiger partial charge is 0.419 e. The molecule has 2 atom stereocenters. The number of hydrogen-bond acceptors (Lipinski definition) is 6. The Balaban J connectivity index is 1.60. The number of fused-ring (bicyclic) bond motifs is 1. The molecular weight excluding hydrogens is 650 g/mol. The lowest BCUT2D eigenvalue weighted by Gasteiger charge is -2.36. The molecule has 1 fully saturated rings. The number of nitrogens with one attached hydrogen (secondary N) is 1. The number of amides is 1. The molecule has 4 aromatic rings. The largest absolute Gasteiger partial charge is 0.494 e. The second-order valence-corrected chi connectivity index (χ2v) is 12.8. The Morgan fingerprint density at radius 2 is 1.86 bits per heavy atom. The van der Waals surface area contributed by atoms with Crippen molar-refractivity contribution in [1.29, 1.82) is 0 Å². The van der Waals surface area contributed by atoms with Crippen molar-refractivity contribution in [3.63, 3.8) is 0 Å². The van der Waals surface area contributed by atoms with E-state index in [2.05, 4.69) is 17.1 Å². The van der Waals surface area contributed by atoms with Crippen LogP contribution in [0.4, 0.5) is 17.6 Å². The highest BCUT2D eigenvalue weighted by molar-refractivity contribution is 5.80. The van der Waals surface area contributed by atoms with Crippen LogP contribution in [0.1, 0.15) is 68.9 Å². The van der Waals surface area contributed by atoms with E-state index in [0.717, 1.165) is 38.1 Å². The Morgan fingerprint density at radius 3 is 2.54 bits per heavy atom. The van der Waals surface area contributed by atoms with Gasteiger partial charge in [-0.1, -0.05) is 24.6 Å². The first-order chi connectivity index (χ1) is 24.0. The summed E-state index contributed by atoms with van der Waals surface area (Å²) >= 11 is 0. The zero-order valence-corrected chi connectivity index (χ0v) is 28.8. The molecule has 0 bridgehead atoms. The molecule has 268 valence electrons. The fourth-order valence-corrected chi connectivity index (χ4v) is 6.75. The lowest BCUT2D eigenvalue weighted by atomic mass is 10.0. The number of carbonyl (C=O) groups excluding carboxylic acids is 1. The maximum Gasteiger partial charge on any atom is 0.419 e. The van der Waals surface area contributed by atoms with E-state index >= 15 is 0 Å². The average Bonchev–Trinajstić information content (AvgIpc) is 3.08. The maximum absolute atomic E-state index is 14.6. The van der Waals surface area contributed by atoms with Gasteiger partial charge in [0, 0.05) is 19.1 Å². The Morgan fingerprint density at radius 1 is 1.10 bits per heavy atom. The summed E-state index contributed by atoms with van der Waals surface area (Å²) in [5.74, 6) is -0.844. The van der Waals surface area contributed by atoms with E-state index in [1.54, 1.807) is 60.5 Å². The quantitative estimate of drug-likeness (QED) is 0.144. The number of piperidine rings is 1. The molecular formula is C38H45F4N5O3. The zero-order valence-electron chi connectivity index (χ0n) is 28.8. The number of hydrogen-bond donors (Lipinski definition) is 1. The van der Waals surface area contributed by atoms with Crippen LogP contribution in [0.5, 0.6) is 5.75 Å². The lowest BCUT2D eigenvalue weighted by molar-refractivity contribution is -0.140. The Hall–Kier alpha value is -4.29. The third-order valence-corrected chi connectivity index (χ3v) is 9.35. The number of aromatic nitrogens is 2. The molecule has 5 rings (SSSR count). The van der Waals surface area contributed by atoms with E-state index in [4.69, 9.17) is 9.72 Å². The van der Waals surface area contributed by atoms with Crippen LogP contribution in [-0.2, 0) is 17.4 Å². The van der Waals surface area contributed by atoms with Gasteiger partial charge in [0.2, 0.25) is 5.91 Å². The molecule has 1 aliphatic heterocycles. The summed E-state index contributed by atoms with van der Waals surface area (Å²) in [5, 5.41) is 3.56. The van der Waals surface area contributed by atoms with Crippen LogP contribution < -0.4 is 15.6 Å². The van der Waals surface area contributed by atoms with Crippen LogP contribution in [0.25, 0.3) is 16.6 Å². The molecule has 1 aliphatic rings. The van der Waals surface area contributed by atoms with Crippen molar-refractivity contribution in [3.8, 4) is 11.4 Å². The lowest BCUT2D eigenvalue weighted by Crippen LogP contribution is -2.43. The van der Waals surface area contributed by atoms with Gasteiger partial charge in [-0.3, -0.25) is 14.2 Å². The Kier molecular flexibility index (Phi) is 12.3. The van der Waals surface area contributed by atoms with Crippen molar-refractivity contribution >= 4 is 16.8 Å². The third-order valence-electron chi connectivity index (χ3n) is 9.35. The number of rotatable bonds is 14. The van der Waals surface area contributed by atoms with Crippen molar-refractivity contribution in [3.05, 3.63) is 99.9 Å². The number of nitrogens with zero attached hydrogens (tertiary/aromatic N) is 4. The minimum Gasteiger partial charge on any atom is -0.494 e. The van der Waals surface area contributed by atoms with Crippen molar-refractivity contribution in [2.75, 3.05) is 39.8 Å². The fraction of sp³-hybridized carbons (Fsp3) is 0.447. The average molecular weight is 696 g/mol. The van der Waals surface area contributed by atoms with E-state index < -0.39 is 29.5 Å². The van der Waals surface area contributed by atoms with Gasteiger partial charge in [0.25, 0.3) is 5.56 Å². The van der Waals surface area contributed by atoms with Crippen LogP contribution in [0.15, 0.2) is 71.5 Å². The molecule has 0 radical (unpaired) electrons. The first-order valence-corrected chi connectivity index (χ1v) is 17.3. The van der Waals surface area contributed by atoms with E-state index in [1.165, 1.54) is 11.0 Å². The SMILES string of the molecule is CCOc1ccc(-n2c(C(CCNC)N(CCCN3CCCCC3C)C(=O)Cc3ccc(C(F)(F)F)c(F)c3)nc3ccccc3c2=O)cc1. The van der Waals surface area contributed by atoms with E-state index in [0.29, 0.717) is 72.8 Å². The molecule has 2 heterocycles. The van der Waals surface area contributed by atoms with Crippen LogP contribution in [0.2, 0.25) is 0 Å². The van der Waals surface area contributed by atoms with Gasteiger partial charge in [0.05, 0.1) is 41.2 Å². The minimum atomic E-state index is -4.85. The van der Waals surface area contributed by atoms with Crippen molar-refractivity contribution in [2.24, 2.45) is 0 Å². The van der Waals surface area contributed by atoms with E-state index in [1.807, 2.05) is 6.92 Å². The summed E-state index contributed by atoms with van der Waals surface area (Å²) in [4.78, 5) is 37.7.